The van der Waals surface area contributed by atoms with Gasteiger partial charge < -0.3 is 15.5 Å². The minimum Gasteiger partial charge on any atom is -0.394 e. The Morgan fingerprint density at radius 2 is 1.36 bits per heavy atom. The third-order valence-corrected chi connectivity index (χ3v) is 4.70. The van der Waals surface area contributed by atoms with E-state index >= 15 is 0 Å². The predicted octanol–water partition coefficient (Wildman–Crippen LogP) is 4.27. The Kier molecular flexibility index (Phi) is 16.3. The molecule has 1 amide bonds. The number of carbonyl (C=O) groups is 1. The highest BCUT2D eigenvalue weighted by Crippen LogP contribution is 2.16. The molecule has 0 aromatic carbocycles. The van der Waals surface area contributed by atoms with E-state index in [-0.39, 0.29) is 12.3 Å². The number of carbonyl (C=O) groups excluding carboxylic acids is 1. The molecule has 5 heteroatoms. The van der Waals surface area contributed by atoms with Crippen molar-refractivity contribution in [3.05, 3.63) is 0 Å². The molecule has 0 aromatic heterocycles. The van der Waals surface area contributed by atoms with E-state index in [9.17, 15) is 14.3 Å². The predicted molar refractivity (Wildman–Crippen MR) is 101 cm³/mol. The Morgan fingerprint density at radius 1 is 0.920 bits per heavy atom. The lowest BCUT2D eigenvalue weighted by molar-refractivity contribution is -0.121. The van der Waals surface area contributed by atoms with Crippen LogP contribution in [0.3, 0.4) is 0 Å². The van der Waals surface area contributed by atoms with Gasteiger partial charge in [-0.3, -0.25) is 4.79 Å². The van der Waals surface area contributed by atoms with Gasteiger partial charge in [0.15, 0.2) is 0 Å². The van der Waals surface area contributed by atoms with Gasteiger partial charge in [-0.25, -0.2) is 4.39 Å². The van der Waals surface area contributed by atoms with Crippen molar-refractivity contribution < 1.29 is 19.4 Å². The summed E-state index contributed by atoms with van der Waals surface area (Å²) in [6, 6.07) is -0.926. The summed E-state index contributed by atoms with van der Waals surface area (Å²) in [4.78, 5) is 11.0. The summed E-state index contributed by atoms with van der Waals surface area (Å²) >= 11 is 0. The van der Waals surface area contributed by atoms with Crippen LogP contribution in [-0.4, -0.2) is 41.0 Å². The second-order valence-corrected chi connectivity index (χ2v) is 7.17. The lowest BCUT2D eigenvalue weighted by atomic mass is 10.0. The van der Waals surface area contributed by atoms with Crippen LogP contribution in [0.15, 0.2) is 0 Å². The van der Waals surface area contributed by atoms with Crippen molar-refractivity contribution in [2.24, 2.45) is 0 Å². The number of aliphatic hydroxyl groups excluding tert-OH is 2. The molecule has 0 saturated carbocycles. The molecule has 0 bridgehead atoms. The molecule has 4 nitrogen and oxygen atoms in total. The van der Waals surface area contributed by atoms with Crippen molar-refractivity contribution in [3.63, 3.8) is 0 Å². The van der Waals surface area contributed by atoms with Crippen LogP contribution < -0.4 is 5.32 Å². The second-order valence-electron chi connectivity index (χ2n) is 7.17. The Morgan fingerprint density at radius 3 is 1.76 bits per heavy atom. The number of unbranched alkanes of at least 4 members (excludes halogenated alkanes) is 11. The summed E-state index contributed by atoms with van der Waals surface area (Å²) in [5.41, 5.74) is 0. The van der Waals surface area contributed by atoms with Gasteiger partial charge in [0.25, 0.3) is 0 Å². The summed E-state index contributed by atoms with van der Waals surface area (Å²) in [6.45, 7) is 3.06. The van der Waals surface area contributed by atoms with Crippen molar-refractivity contribution in [2.45, 2.75) is 116 Å². The number of hydrogen-bond acceptors (Lipinski definition) is 3. The average Bonchev–Trinajstić information content (AvgIpc) is 2.59. The average molecular weight is 362 g/mol. The van der Waals surface area contributed by atoms with Crippen LogP contribution in [-0.2, 0) is 4.79 Å². The molecule has 150 valence electrons. The smallest absolute Gasteiger partial charge is 0.217 e. The maximum Gasteiger partial charge on any atom is 0.217 e. The van der Waals surface area contributed by atoms with E-state index in [0.717, 1.165) is 19.3 Å². The molecule has 0 aliphatic rings. The molecule has 25 heavy (non-hydrogen) atoms. The van der Waals surface area contributed by atoms with Gasteiger partial charge in [-0.2, -0.15) is 0 Å². The molecule has 0 rings (SSSR count). The molecule has 0 unspecified atom stereocenters. The van der Waals surface area contributed by atoms with Crippen LogP contribution >= 0.6 is 0 Å². The first-order valence-electron chi connectivity index (χ1n) is 10.2. The van der Waals surface area contributed by atoms with Crippen LogP contribution in [0, 0.1) is 0 Å². The fraction of sp³-hybridized carbons (Fsp3) is 0.950. The second kappa shape index (κ2) is 16.8. The van der Waals surface area contributed by atoms with E-state index in [1.54, 1.807) is 0 Å². The summed E-state index contributed by atoms with van der Waals surface area (Å²) in [5, 5.41) is 21.4. The summed E-state index contributed by atoms with van der Waals surface area (Å²) in [6.07, 6.45) is 12.1. The summed E-state index contributed by atoms with van der Waals surface area (Å²) in [7, 11) is 0. The van der Waals surface area contributed by atoms with Crippen LogP contribution in [0.2, 0.25) is 0 Å². The van der Waals surface area contributed by atoms with Crippen LogP contribution in [0.4, 0.5) is 4.39 Å². The van der Waals surface area contributed by atoms with Crippen molar-refractivity contribution in [3.8, 4) is 0 Å². The monoisotopic (exact) mass is 361 g/mol. The summed E-state index contributed by atoms with van der Waals surface area (Å²) < 4.78 is 14.0. The molecule has 0 heterocycles. The minimum atomic E-state index is -1.41. The number of amides is 1. The first-order chi connectivity index (χ1) is 12.0. The molecule has 0 spiro atoms. The van der Waals surface area contributed by atoms with Gasteiger partial charge in [-0.1, -0.05) is 84.0 Å². The van der Waals surface area contributed by atoms with Gasteiger partial charge >= 0.3 is 0 Å². The van der Waals surface area contributed by atoms with Gasteiger partial charge in [0.1, 0.15) is 12.3 Å². The SMILES string of the molecule is CCCCCCCCCCCCCC[C@@H](F)[C@@H](O)[C@H](CO)NC(C)=O. The van der Waals surface area contributed by atoms with E-state index < -0.39 is 24.9 Å². The highest BCUT2D eigenvalue weighted by Gasteiger charge is 2.27. The number of halogens is 1. The first kappa shape index (κ1) is 24.3. The molecule has 0 aliphatic carbocycles. The van der Waals surface area contributed by atoms with E-state index in [0.29, 0.717) is 0 Å². The van der Waals surface area contributed by atoms with Crippen LogP contribution in [0.5, 0.6) is 0 Å². The van der Waals surface area contributed by atoms with Gasteiger partial charge in [0, 0.05) is 6.92 Å². The lowest BCUT2D eigenvalue weighted by Crippen LogP contribution is -2.49. The van der Waals surface area contributed by atoms with E-state index in [2.05, 4.69) is 12.2 Å². The summed E-state index contributed by atoms with van der Waals surface area (Å²) in [5.74, 6) is -0.379. The Labute approximate surface area is 153 Å². The van der Waals surface area contributed by atoms with Crippen molar-refractivity contribution in [2.75, 3.05) is 6.61 Å². The zero-order chi connectivity index (χ0) is 18.9. The fourth-order valence-electron chi connectivity index (χ4n) is 3.10. The highest BCUT2D eigenvalue weighted by molar-refractivity contribution is 5.73. The molecule has 0 aliphatic heterocycles. The maximum absolute atomic E-state index is 14.0. The molecule has 3 atom stereocenters. The van der Waals surface area contributed by atoms with E-state index in [4.69, 9.17) is 5.11 Å². The Hall–Kier alpha value is -0.680. The maximum atomic E-state index is 14.0. The third kappa shape index (κ3) is 14.2. The molecule has 3 N–H and O–H groups in total. The third-order valence-electron chi connectivity index (χ3n) is 4.70. The molecule has 0 saturated heterocycles. The number of aliphatic hydroxyl groups is 2. The molecular weight excluding hydrogens is 321 g/mol. The normalized spacial score (nSPS) is 14.9. The number of rotatable bonds is 17. The Balaban J connectivity index is 3.53. The number of alkyl halides is 1. The van der Waals surface area contributed by atoms with E-state index in [1.165, 1.54) is 64.7 Å². The standard InChI is InChI=1S/C20H40FNO3/c1-3-4-5-6-7-8-9-10-11-12-13-14-15-18(21)20(25)19(16-23)22-17(2)24/h18-20,23,25H,3-16H2,1-2H3,(H,22,24)/t18-,19+,20-/m1/s1. The zero-order valence-electron chi connectivity index (χ0n) is 16.3. The zero-order valence-corrected chi connectivity index (χ0v) is 16.3. The van der Waals surface area contributed by atoms with Crippen LogP contribution in [0.1, 0.15) is 97.3 Å². The molecule has 0 radical (unpaired) electrons. The van der Waals surface area contributed by atoms with Gasteiger partial charge in [-0.05, 0) is 6.42 Å². The first-order valence-corrected chi connectivity index (χ1v) is 10.2. The number of hydrogen-bond donors (Lipinski definition) is 3. The fourth-order valence-corrected chi connectivity index (χ4v) is 3.10. The van der Waals surface area contributed by atoms with Gasteiger partial charge in [0.05, 0.1) is 12.6 Å². The lowest BCUT2D eigenvalue weighted by Gasteiger charge is -2.24. The van der Waals surface area contributed by atoms with Crippen molar-refractivity contribution in [1.82, 2.24) is 5.32 Å². The van der Waals surface area contributed by atoms with Crippen molar-refractivity contribution >= 4 is 5.91 Å². The highest BCUT2D eigenvalue weighted by atomic mass is 19.1. The van der Waals surface area contributed by atoms with Gasteiger partial charge in [-0.15, -0.1) is 0 Å². The van der Waals surface area contributed by atoms with Crippen molar-refractivity contribution in [1.29, 1.82) is 0 Å². The molecular formula is C20H40FNO3. The van der Waals surface area contributed by atoms with E-state index in [1.807, 2.05) is 0 Å². The minimum absolute atomic E-state index is 0.272. The molecule has 0 aromatic rings. The number of nitrogens with one attached hydrogen (secondary N) is 1. The molecule has 0 fully saturated rings. The Bertz CT molecular complexity index is 315. The van der Waals surface area contributed by atoms with Crippen LogP contribution in [0.25, 0.3) is 0 Å². The quantitative estimate of drug-likeness (QED) is 0.339. The topological polar surface area (TPSA) is 69.6 Å². The van der Waals surface area contributed by atoms with Gasteiger partial charge in [0.2, 0.25) is 5.91 Å². The largest absolute Gasteiger partial charge is 0.394 e.